The van der Waals surface area contributed by atoms with Crippen LogP contribution in [-0.4, -0.2) is 54.9 Å². The van der Waals surface area contributed by atoms with Gasteiger partial charge in [0.15, 0.2) is 0 Å². The fourth-order valence-electron chi connectivity index (χ4n) is 6.68. The quantitative estimate of drug-likeness (QED) is 0.368. The van der Waals surface area contributed by atoms with Gasteiger partial charge < -0.3 is 19.9 Å². The van der Waals surface area contributed by atoms with Crippen LogP contribution in [0.5, 0.6) is 5.75 Å². The molecule has 8 heteroatoms. The highest BCUT2D eigenvalue weighted by Gasteiger charge is 2.47. The van der Waals surface area contributed by atoms with E-state index >= 15 is 0 Å². The highest BCUT2D eigenvalue weighted by atomic mass is 35.5. The number of benzene rings is 2. The molecular weight excluding hydrogens is 545 g/mol. The summed E-state index contributed by atoms with van der Waals surface area (Å²) in [7, 11) is 1.67. The number of hydrogen-bond donors (Lipinski definition) is 1. The molecule has 5 rings (SSSR count). The summed E-state index contributed by atoms with van der Waals surface area (Å²) in [5.74, 6) is 1.46. The van der Waals surface area contributed by atoms with Gasteiger partial charge in [0.1, 0.15) is 5.75 Å². The van der Waals surface area contributed by atoms with Crippen LogP contribution in [0.1, 0.15) is 75.0 Å². The smallest absolute Gasteiger partial charge is 0.229 e. The third-order valence-corrected chi connectivity index (χ3v) is 9.46. The first-order chi connectivity index (χ1) is 19.0. The molecule has 1 aliphatic carbocycles. The molecule has 2 saturated heterocycles. The number of nitrogens with zero attached hydrogens (tertiary/aromatic N) is 2. The third kappa shape index (κ3) is 7.32. The van der Waals surface area contributed by atoms with Crippen LogP contribution in [0.3, 0.4) is 0 Å². The molecule has 1 N–H and O–H groups in total. The zero-order valence-electron chi connectivity index (χ0n) is 23.6. The van der Waals surface area contributed by atoms with Crippen molar-refractivity contribution in [2.75, 3.05) is 33.3 Å². The topological polar surface area (TPSA) is 61.9 Å². The second-order valence-electron chi connectivity index (χ2n) is 11.7. The van der Waals surface area contributed by atoms with Crippen LogP contribution in [0.4, 0.5) is 0 Å². The Morgan fingerprint density at radius 3 is 2.42 bits per heavy atom. The summed E-state index contributed by atoms with van der Waals surface area (Å²) in [6.07, 6.45) is 9.10. The lowest BCUT2D eigenvalue weighted by Gasteiger charge is -2.38. The fraction of sp³-hybridized carbons (Fsp3) is 0.562. The molecule has 3 fully saturated rings. The Balaban J connectivity index is 0.00000370. The molecule has 1 saturated carbocycles. The molecule has 2 aliphatic heterocycles. The molecule has 2 amide bonds. The molecule has 1 atom stereocenters. The van der Waals surface area contributed by atoms with Crippen LogP contribution in [0.2, 0.25) is 5.02 Å². The fourth-order valence-corrected chi connectivity index (χ4v) is 6.87. The number of carbonyl (C=O) groups is 2. The molecule has 2 aromatic carbocycles. The Hall–Kier alpha value is -2.28. The summed E-state index contributed by atoms with van der Waals surface area (Å²) in [4.78, 5) is 31.1. The van der Waals surface area contributed by atoms with Crippen molar-refractivity contribution in [3.8, 4) is 5.75 Å². The SMILES string of the molecule is COc1ccc(CN2CCC3(CCN(CCC(NC(=O)C4CCCCC4)c4cccc(Cl)c4)CC3)C2=O)cc1.Cl. The van der Waals surface area contributed by atoms with E-state index in [-0.39, 0.29) is 35.7 Å². The molecular formula is C32H43Cl2N3O3. The van der Waals surface area contributed by atoms with E-state index in [0.29, 0.717) is 17.5 Å². The molecule has 2 aromatic rings. The van der Waals surface area contributed by atoms with Gasteiger partial charge in [0.05, 0.1) is 18.6 Å². The molecule has 0 bridgehead atoms. The number of ether oxygens (including phenoxy) is 1. The molecule has 0 aromatic heterocycles. The first-order valence-electron chi connectivity index (χ1n) is 14.7. The number of piperidine rings is 1. The van der Waals surface area contributed by atoms with Gasteiger partial charge >= 0.3 is 0 Å². The first-order valence-corrected chi connectivity index (χ1v) is 15.0. The maximum Gasteiger partial charge on any atom is 0.229 e. The molecule has 6 nitrogen and oxygen atoms in total. The van der Waals surface area contributed by atoms with Gasteiger partial charge in [0, 0.05) is 30.6 Å². The van der Waals surface area contributed by atoms with Crippen molar-refractivity contribution in [3.63, 3.8) is 0 Å². The number of amides is 2. The van der Waals surface area contributed by atoms with Crippen LogP contribution >= 0.6 is 24.0 Å². The predicted octanol–water partition coefficient (Wildman–Crippen LogP) is 6.41. The Morgan fingerprint density at radius 1 is 1.05 bits per heavy atom. The number of carbonyl (C=O) groups excluding carboxylic acids is 2. The Bertz CT molecular complexity index is 1130. The van der Waals surface area contributed by atoms with Crippen LogP contribution in [0, 0.1) is 11.3 Å². The maximum atomic E-state index is 13.5. The summed E-state index contributed by atoms with van der Waals surface area (Å²) in [6.45, 7) is 4.22. The van der Waals surface area contributed by atoms with E-state index in [9.17, 15) is 9.59 Å². The Morgan fingerprint density at radius 2 is 1.75 bits per heavy atom. The van der Waals surface area contributed by atoms with Crippen LogP contribution in [0.25, 0.3) is 0 Å². The maximum absolute atomic E-state index is 13.5. The molecule has 2 heterocycles. The number of likely N-dealkylation sites (tertiary alicyclic amines) is 2. The zero-order valence-corrected chi connectivity index (χ0v) is 25.2. The average molecular weight is 589 g/mol. The van der Waals surface area contributed by atoms with Gasteiger partial charge in [-0.15, -0.1) is 12.4 Å². The number of methoxy groups -OCH3 is 1. The standard InChI is InChI=1S/C32H42ClN3O3.ClH/c1-39-28-12-10-24(11-13-28)23-36-21-17-32(31(36)38)15-19-35(20-16-32)18-14-29(26-8-5-9-27(33)22-26)34-30(37)25-6-3-2-4-7-25;/h5,8-13,22,25,29H,2-4,6-7,14-21,23H2,1H3,(H,34,37);1H. The van der Waals surface area contributed by atoms with Gasteiger partial charge in [0.2, 0.25) is 11.8 Å². The Kier molecular flexibility index (Phi) is 10.8. The van der Waals surface area contributed by atoms with E-state index in [1.54, 1.807) is 7.11 Å². The van der Waals surface area contributed by atoms with Gasteiger partial charge in [-0.1, -0.05) is 55.1 Å². The van der Waals surface area contributed by atoms with Crippen molar-refractivity contribution in [2.24, 2.45) is 11.3 Å². The summed E-state index contributed by atoms with van der Waals surface area (Å²) >= 11 is 6.32. The van der Waals surface area contributed by atoms with E-state index in [1.165, 1.54) is 6.42 Å². The van der Waals surface area contributed by atoms with E-state index in [1.807, 2.05) is 47.4 Å². The lowest BCUT2D eigenvalue weighted by atomic mass is 9.77. The zero-order chi connectivity index (χ0) is 27.2. The summed E-state index contributed by atoms with van der Waals surface area (Å²) < 4.78 is 5.26. The van der Waals surface area contributed by atoms with Crippen LogP contribution in [-0.2, 0) is 16.1 Å². The van der Waals surface area contributed by atoms with Gasteiger partial charge in [0.25, 0.3) is 0 Å². The van der Waals surface area contributed by atoms with Crippen molar-refractivity contribution >= 4 is 35.8 Å². The number of hydrogen-bond acceptors (Lipinski definition) is 4. The van der Waals surface area contributed by atoms with Crippen molar-refractivity contribution in [1.29, 1.82) is 0 Å². The lowest BCUT2D eigenvalue weighted by Crippen LogP contribution is -2.45. The van der Waals surface area contributed by atoms with E-state index in [0.717, 1.165) is 94.4 Å². The Labute approximate surface area is 250 Å². The summed E-state index contributed by atoms with van der Waals surface area (Å²) in [6, 6.07) is 15.8. The minimum Gasteiger partial charge on any atom is -0.497 e. The third-order valence-electron chi connectivity index (χ3n) is 9.22. The monoisotopic (exact) mass is 587 g/mol. The molecule has 1 spiro atoms. The van der Waals surface area contributed by atoms with Crippen molar-refractivity contribution in [3.05, 3.63) is 64.7 Å². The normalized spacial score (nSPS) is 20.2. The van der Waals surface area contributed by atoms with Crippen LogP contribution in [0.15, 0.2) is 48.5 Å². The lowest BCUT2D eigenvalue weighted by molar-refractivity contribution is -0.139. The van der Waals surface area contributed by atoms with Gasteiger partial charge in [-0.25, -0.2) is 0 Å². The van der Waals surface area contributed by atoms with Crippen LogP contribution < -0.4 is 10.1 Å². The number of halogens is 2. The number of rotatable bonds is 9. The van der Waals surface area contributed by atoms with Crippen molar-refractivity contribution < 1.29 is 14.3 Å². The minimum absolute atomic E-state index is 0. The van der Waals surface area contributed by atoms with Crippen molar-refractivity contribution in [2.45, 2.75) is 70.4 Å². The summed E-state index contributed by atoms with van der Waals surface area (Å²) in [5.41, 5.74) is 1.99. The van der Waals surface area contributed by atoms with Gasteiger partial charge in [-0.05, 0) is 87.0 Å². The predicted molar refractivity (Wildman–Crippen MR) is 162 cm³/mol. The summed E-state index contributed by atoms with van der Waals surface area (Å²) in [5, 5.41) is 4.07. The van der Waals surface area contributed by atoms with Gasteiger partial charge in [-0.2, -0.15) is 0 Å². The highest BCUT2D eigenvalue weighted by molar-refractivity contribution is 6.30. The van der Waals surface area contributed by atoms with E-state index in [2.05, 4.69) is 16.3 Å². The minimum atomic E-state index is -0.218. The molecule has 1 unspecified atom stereocenters. The molecule has 3 aliphatic rings. The number of nitrogens with one attached hydrogen (secondary N) is 1. The van der Waals surface area contributed by atoms with E-state index in [4.69, 9.17) is 16.3 Å². The largest absolute Gasteiger partial charge is 0.497 e. The average Bonchev–Trinajstić information content (AvgIpc) is 3.26. The molecule has 0 radical (unpaired) electrons. The highest BCUT2D eigenvalue weighted by Crippen LogP contribution is 2.42. The molecule has 218 valence electrons. The van der Waals surface area contributed by atoms with Gasteiger partial charge in [-0.3, -0.25) is 9.59 Å². The second kappa shape index (κ2) is 14.1. The van der Waals surface area contributed by atoms with Crippen molar-refractivity contribution in [1.82, 2.24) is 15.1 Å². The molecule has 40 heavy (non-hydrogen) atoms. The second-order valence-corrected chi connectivity index (χ2v) is 12.1. The first kappa shape index (κ1) is 30.7. The van der Waals surface area contributed by atoms with E-state index < -0.39 is 0 Å².